The zero-order valence-electron chi connectivity index (χ0n) is 8.77. The summed E-state index contributed by atoms with van der Waals surface area (Å²) in [7, 11) is 0. The van der Waals surface area contributed by atoms with Gasteiger partial charge in [-0.2, -0.15) is 5.10 Å². The number of aryl methyl sites for hydroxylation is 1. The van der Waals surface area contributed by atoms with Crippen LogP contribution < -0.4 is 5.73 Å². The lowest BCUT2D eigenvalue weighted by atomic mass is 10.0. The first kappa shape index (κ1) is 9.93. The molecule has 15 heavy (non-hydrogen) atoms. The number of hydrogen-bond acceptors (Lipinski definition) is 2. The highest BCUT2D eigenvalue weighted by Gasteiger charge is 2.08. The maximum atomic E-state index is 6.09. The van der Waals surface area contributed by atoms with Crippen LogP contribution in [0.5, 0.6) is 0 Å². The van der Waals surface area contributed by atoms with Gasteiger partial charge in [-0.05, 0) is 17.5 Å². The van der Waals surface area contributed by atoms with E-state index in [2.05, 4.69) is 41.4 Å². The highest BCUT2D eigenvalue weighted by atomic mass is 15.1. The van der Waals surface area contributed by atoms with Crippen molar-refractivity contribution in [1.82, 2.24) is 10.2 Å². The molecule has 2 aromatic rings. The molecular weight excluding hydrogens is 186 g/mol. The Bertz CT molecular complexity index is 403. The van der Waals surface area contributed by atoms with Crippen LogP contribution in [0.4, 0.5) is 0 Å². The Morgan fingerprint density at radius 2 is 2.00 bits per heavy atom. The van der Waals surface area contributed by atoms with Gasteiger partial charge in [0.1, 0.15) is 0 Å². The molecule has 0 saturated carbocycles. The summed E-state index contributed by atoms with van der Waals surface area (Å²) in [6, 6.07) is 8.31. The van der Waals surface area contributed by atoms with Gasteiger partial charge in [0.25, 0.3) is 0 Å². The third-order valence-electron chi connectivity index (χ3n) is 2.63. The van der Waals surface area contributed by atoms with Crippen molar-refractivity contribution in [3.8, 4) is 0 Å². The first-order valence-electron chi connectivity index (χ1n) is 5.14. The summed E-state index contributed by atoms with van der Waals surface area (Å²) in [5.41, 5.74) is 9.56. The van der Waals surface area contributed by atoms with Crippen molar-refractivity contribution >= 4 is 0 Å². The molecule has 1 aromatic carbocycles. The van der Waals surface area contributed by atoms with Crippen LogP contribution in [0, 0.1) is 0 Å². The lowest BCUT2D eigenvalue weighted by Gasteiger charge is -2.10. The van der Waals surface area contributed by atoms with E-state index >= 15 is 0 Å². The fourth-order valence-corrected chi connectivity index (χ4v) is 1.58. The number of rotatable bonds is 3. The quantitative estimate of drug-likeness (QED) is 0.798. The summed E-state index contributed by atoms with van der Waals surface area (Å²) in [4.78, 5) is 0. The van der Waals surface area contributed by atoms with Crippen LogP contribution in [-0.4, -0.2) is 10.2 Å². The number of nitrogens with zero attached hydrogens (tertiary/aromatic N) is 1. The Balaban J connectivity index is 2.22. The van der Waals surface area contributed by atoms with E-state index < -0.39 is 0 Å². The van der Waals surface area contributed by atoms with E-state index in [4.69, 9.17) is 5.73 Å². The van der Waals surface area contributed by atoms with Crippen LogP contribution in [0.1, 0.15) is 29.7 Å². The zero-order chi connectivity index (χ0) is 10.7. The standard InChI is InChI=1S/C12H15N3/c1-2-9-3-5-10(6-4-9)12(13)11-7-14-15-8-11/h3-8,12H,2,13H2,1H3,(H,14,15). The molecule has 3 N–H and O–H groups in total. The van der Waals surface area contributed by atoms with E-state index in [0.717, 1.165) is 17.5 Å². The van der Waals surface area contributed by atoms with Crippen molar-refractivity contribution in [1.29, 1.82) is 0 Å². The van der Waals surface area contributed by atoms with Crippen LogP contribution >= 0.6 is 0 Å². The summed E-state index contributed by atoms with van der Waals surface area (Å²) in [5.74, 6) is 0. The topological polar surface area (TPSA) is 54.7 Å². The van der Waals surface area contributed by atoms with E-state index in [-0.39, 0.29) is 6.04 Å². The molecule has 0 saturated heterocycles. The first-order valence-corrected chi connectivity index (χ1v) is 5.14. The van der Waals surface area contributed by atoms with Gasteiger partial charge in [0.05, 0.1) is 12.2 Å². The summed E-state index contributed by atoms with van der Waals surface area (Å²) >= 11 is 0. The minimum atomic E-state index is -0.0883. The predicted molar refractivity (Wildman–Crippen MR) is 60.4 cm³/mol. The highest BCUT2D eigenvalue weighted by Crippen LogP contribution is 2.18. The molecule has 0 aliphatic heterocycles. The Hall–Kier alpha value is -1.61. The number of H-pyrrole nitrogens is 1. The van der Waals surface area contributed by atoms with Crippen molar-refractivity contribution in [2.45, 2.75) is 19.4 Å². The van der Waals surface area contributed by atoms with E-state index in [1.807, 2.05) is 6.20 Å². The van der Waals surface area contributed by atoms with Crippen molar-refractivity contribution in [3.05, 3.63) is 53.3 Å². The Morgan fingerprint density at radius 3 is 2.53 bits per heavy atom. The lowest BCUT2D eigenvalue weighted by Crippen LogP contribution is -2.10. The van der Waals surface area contributed by atoms with Gasteiger partial charge in [-0.3, -0.25) is 5.10 Å². The van der Waals surface area contributed by atoms with Gasteiger partial charge in [0.15, 0.2) is 0 Å². The molecule has 0 radical (unpaired) electrons. The number of aromatic nitrogens is 2. The van der Waals surface area contributed by atoms with E-state index in [1.54, 1.807) is 6.20 Å². The van der Waals surface area contributed by atoms with Crippen LogP contribution in [0.25, 0.3) is 0 Å². The van der Waals surface area contributed by atoms with Gasteiger partial charge in [-0.25, -0.2) is 0 Å². The van der Waals surface area contributed by atoms with Gasteiger partial charge in [0, 0.05) is 11.8 Å². The molecule has 0 spiro atoms. The van der Waals surface area contributed by atoms with E-state index in [1.165, 1.54) is 5.56 Å². The van der Waals surface area contributed by atoms with Gasteiger partial charge in [0.2, 0.25) is 0 Å². The molecule has 78 valence electrons. The van der Waals surface area contributed by atoms with Crippen LogP contribution in [-0.2, 0) is 6.42 Å². The van der Waals surface area contributed by atoms with Gasteiger partial charge in [-0.1, -0.05) is 31.2 Å². The second-order valence-corrected chi connectivity index (χ2v) is 3.60. The molecule has 0 bridgehead atoms. The Morgan fingerprint density at radius 1 is 1.27 bits per heavy atom. The predicted octanol–water partition coefficient (Wildman–Crippen LogP) is 2.02. The maximum absolute atomic E-state index is 6.09. The van der Waals surface area contributed by atoms with Crippen LogP contribution in [0.3, 0.4) is 0 Å². The monoisotopic (exact) mass is 201 g/mol. The van der Waals surface area contributed by atoms with Crippen LogP contribution in [0.2, 0.25) is 0 Å². The van der Waals surface area contributed by atoms with Gasteiger partial charge < -0.3 is 5.73 Å². The number of nitrogens with two attached hydrogens (primary N) is 1. The molecule has 1 unspecified atom stereocenters. The summed E-state index contributed by atoms with van der Waals surface area (Å²) in [6.45, 7) is 2.14. The molecule has 1 aromatic heterocycles. The van der Waals surface area contributed by atoms with E-state index in [9.17, 15) is 0 Å². The third-order valence-corrected chi connectivity index (χ3v) is 2.63. The molecule has 2 rings (SSSR count). The molecule has 0 amide bonds. The summed E-state index contributed by atoms with van der Waals surface area (Å²) in [6.07, 6.45) is 4.65. The fourth-order valence-electron chi connectivity index (χ4n) is 1.58. The smallest absolute Gasteiger partial charge is 0.0582 e. The molecule has 3 heteroatoms. The average Bonchev–Trinajstić information content (AvgIpc) is 2.82. The zero-order valence-corrected chi connectivity index (χ0v) is 8.77. The van der Waals surface area contributed by atoms with Crippen molar-refractivity contribution in [2.75, 3.05) is 0 Å². The first-order chi connectivity index (χ1) is 7.31. The Kier molecular flexibility index (Phi) is 2.83. The van der Waals surface area contributed by atoms with Gasteiger partial charge >= 0.3 is 0 Å². The molecule has 1 heterocycles. The molecule has 3 nitrogen and oxygen atoms in total. The van der Waals surface area contributed by atoms with Crippen LogP contribution in [0.15, 0.2) is 36.7 Å². The maximum Gasteiger partial charge on any atom is 0.0582 e. The SMILES string of the molecule is CCc1ccc(C(N)c2cn[nH]c2)cc1. The van der Waals surface area contributed by atoms with Gasteiger partial charge in [-0.15, -0.1) is 0 Å². The molecular formula is C12H15N3. The second-order valence-electron chi connectivity index (χ2n) is 3.60. The lowest BCUT2D eigenvalue weighted by molar-refractivity contribution is 0.871. The number of aromatic amines is 1. The molecule has 1 atom stereocenters. The fraction of sp³-hybridized carbons (Fsp3) is 0.250. The minimum absolute atomic E-state index is 0.0883. The Labute approximate surface area is 89.3 Å². The van der Waals surface area contributed by atoms with Crippen molar-refractivity contribution in [3.63, 3.8) is 0 Å². The number of hydrogen-bond donors (Lipinski definition) is 2. The molecule has 0 aliphatic carbocycles. The third kappa shape index (κ3) is 2.07. The normalized spacial score (nSPS) is 12.7. The number of nitrogens with one attached hydrogen (secondary N) is 1. The highest BCUT2D eigenvalue weighted by molar-refractivity contribution is 5.30. The van der Waals surface area contributed by atoms with Crippen molar-refractivity contribution in [2.24, 2.45) is 5.73 Å². The summed E-state index contributed by atoms with van der Waals surface area (Å²) in [5, 5.41) is 6.67. The minimum Gasteiger partial charge on any atom is -0.320 e. The number of benzene rings is 1. The van der Waals surface area contributed by atoms with Crippen molar-refractivity contribution < 1.29 is 0 Å². The largest absolute Gasteiger partial charge is 0.320 e. The average molecular weight is 201 g/mol. The molecule has 0 fully saturated rings. The summed E-state index contributed by atoms with van der Waals surface area (Å²) < 4.78 is 0. The van der Waals surface area contributed by atoms with E-state index in [0.29, 0.717) is 0 Å². The molecule has 0 aliphatic rings. The second kappa shape index (κ2) is 4.28.